The Labute approximate surface area is 169 Å². The second kappa shape index (κ2) is 9.29. The van der Waals surface area contributed by atoms with Crippen molar-refractivity contribution >= 4 is 55.5 Å². The number of hydrazone groups is 1. The molecule has 3 rings (SSSR count). The lowest BCUT2D eigenvalue weighted by atomic mass is 10.3. The average molecular weight is 445 g/mol. The van der Waals surface area contributed by atoms with Gasteiger partial charge in [-0.1, -0.05) is 34.1 Å². The third-order valence-electron chi connectivity index (χ3n) is 3.38. The Morgan fingerprint density at radius 2 is 1.89 bits per heavy atom. The third kappa shape index (κ3) is 5.38. The van der Waals surface area contributed by atoms with E-state index in [2.05, 4.69) is 36.8 Å². The number of nitrogens with one attached hydrogen (secondary N) is 2. The van der Waals surface area contributed by atoms with Crippen LogP contribution in [0.3, 0.4) is 0 Å². The van der Waals surface area contributed by atoms with Crippen LogP contribution in [-0.4, -0.2) is 23.3 Å². The molecule has 6 nitrogen and oxygen atoms in total. The van der Waals surface area contributed by atoms with Crippen molar-refractivity contribution in [3.8, 4) is 0 Å². The van der Waals surface area contributed by atoms with E-state index in [1.807, 2.05) is 54.6 Å². The molecule has 0 amide bonds. The van der Waals surface area contributed by atoms with E-state index in [1.54, 1.807) is 12.3 Å². The number of benzene rings is 2. The molecule has 3 aromatic rings. The summed E-state index contributed by atoms with van der Waals surface area (Å²) in [6, 6.07) is 17.2. The third-order valence-corrected chi connectivity index (χ3v) is 4.67. The first-order chi connectivity index (χ1) is 13.2. The molecule has 0 radical (unpaired) electrons. The Kier molecular flexibility index (Phi) is 6.56. The first-order valence-electron chi connectivity index (χ1n) is 8.20. The zero-order valence-corrected chi connectivity index (χ0v) is 16.9. The lowest BCUT2D eigenvalue weighted by Crippen LogP contribution is -2.20. The van der Waals surface area contributed by atoms with Crippen molar-refractivity contribution in [2.24, 2.45) is 5.10 Å². The van der Waals surface area contributed by atoms with Gasteiger partial charge in [-0.2, -0.15) is 5.10 Å². The molecule has 0 spiro atoms. The van der Waals surface area contributed by atoms with Gasteiger partial charge in [-0.15, -0.1) is 11.3 Å². The van der Waals surface area contributed by atoms with Gasteiger partial charge in [0.25, 0.3) is 0 Å². The monoisotopic (exact) mass is 444 g/mol. The number of hydrogen-bond acceptors (Lipinski definition) is 7. The number of esters is 1. The van der Waals surface area contributed by atoms with Gasteiger partial charge in [0.15, 0.2) is 10.8 Å². The number of halogens is 1. The van der Waals surface area contributed by atoms with Crippen molar-refractivity contribution in [3.05, 3.63) is 70.1 Å². The second-order valence-corrected chi connectivity index (χ2v) is 7.10. The van der Waals surface area contributed by atoms with Gasteiger partial charge in [0, 0.05) is 15.5 Å². The molecular formula is C19H17BrN4O2S. The summed E-state index contributed by atoms with van der Waals surface area (Å²) >= 11 is 4.77. The topological polar surface area (TPSA) is 75.6 Å². The van der Waals surface area contributed by atoms with Crippen LogP contribution in [0.25, 0.3) is 0 Å². The SMILES string of the molecule is CCOC(=O)/C(=N\Nc1ccc(Br)cc1)c1csc(Nc2ccccc2)n1. The van der Waals surface area contributed by atoms with Crippen LogP contribution in [-0.2, 0) is 9.53 Å². The van der Waals surface area contributed by atoms with E-state index in [1.165, 1.54) is 11.3 Å². The highest BCUT2D eigenvalue weighted by Crippen LogP contribution is 2.22. The maximum atomic E-state index is 12.3. The average Bonchev–Trinajstić information content (AvgIpc) is 3.12. The number of carbonyl (C=O) groups is 1. The van der Waals surface area contributed by atoms with Crippen LogP contribution in [0, 0.1) is 0 Å². The van der Waals surface area contributed by atoms with Crippen LogP contribution in [0.4, 0.5) is 16.5 Å². The van der Waals surface area contributed by atoms with Crippen LogP contribution in [0.5, 0.6) is 0 Å². The first-order valence-corrected chi connectivity index (χ1v) is 9.87. The van der Waals surface area contributed by atoms with Crippen molar-refractivity contribution in [2.45, 2.75) is 6.92 Å². The van der Waals surface area contributed by atoms with Gasteiger partial charge in [-0.05, 0) is 43.3 Å². The molecule has 8 heteroatoms. The molecule has 0 aliphatic rings. The summed E-state index contributed by atoms with van der Waals surface area (Å²) in [4.78, 5) is 16.8. The highest BCUT2D eigenvalue weighted by molar-refractivity contribution is 9.10. The maximum absolute atomic E-state index is 12.3. The van der Waals surface area contributed by atoms with Crippen LogP contribution in [0.1, 0.15) is 12.6 Å². The number of thiazole rings is 1. The van der Waals surface area contributed by atoms with Gasteiger partial charge in [-0.3, -0.25) is 5.43 Å². The van der Waals surface area contributed by atoms with Gasteiger partial charge in [0.1, 0.15) is 5.69 Å². The molecule has 2 aromatic carbocycles. The molecular weight excluding hydrogens is 428 g/mol. The Morgan fingerprint density at radius 1 is 1.15 bits per heavy atom. The lowest BCUT2D eigenvalue weighted by Gasteiger charge is -2.06. The maximum Gasteiger partial charge on any atom is 0.361 e. The van der Waals surface area contributed by atoms with E-state index >= 15 is 0 Å². The number of hydrogen-bond donors (Lipinski definition) is 2. The molecule has 1 heterocycles. The Morgan fingerprint density at radius 3 is 2.59 bits per heavy atom. The molecule has 0 saturated heterocycles. The fourth-order valence-electron chi connectivity index (χ4n) is 2.14. The van der Waals surface area contributed by atoms with Crippen LogP contribution in [0.2, 0.25) is 0 Å². The van der Waals surface area contributed by atoms with E-state index in [0.29, 0.717) is 10.8 Å². The zero-order chi connectivity index (χ0) is 19.1. The minimum Gasteiger partial charge on any atom is -0.461 e. The van der Waals surface area contributed by atoms with Crippen molar-refractivity contribution in [1.29, 1.82) is 0 Å². The molecule has 0 aliphatic carbocycles. The number of nitrogens with zero attached hydrogens (tertiary/aromatic N) is 2. The molecule has 1 aromatic heterocycles. The highest BCUT2D eigenvalue weighted by Gasteiger charge is 2.19. The number of anilines is 3. The summed E-state index contributed by atoms with van der Waals surface area (Å²) in [6.07, 6.45) is 0. The number of rotatable bonds is 7. The summed E-state index contributed by atoms with van der Waals surface area (Å²) in [7, 11) is 0. The van der Waals surface area contributed by atoms with Crippen LogP contribution < -0.4 is 10.7 Å². The number of carbonyl (C=O) groups excluding carboxylic acids is 1. The van der Waals surface area contributed by atoms with E-state index < -0.39 is 5.97 Å². The van der Waals surface area contributed by atoms with Gasteiger partial charge in [0.05, 0.1) is 12.3 Å². The summed E-state index contributed by atoms with van der Waals surface area (Å²) < 4.78 is 6.08. The number of para-hydroxylation sites is 1. The Balaban J connectivity index is 1.81. The normalized spacial score (nSPS) is 11.1. The molecule has 2 N–H and O–H groups in total. The van der Waals surface area contributed by atoms with Gasteiger partial charge >= 0.3 is 5.97 Å². The van der Waals surface area contributed by atoms with Crippen molar-refractivity contribution in [1.82, 2.24) is 4.98 Å². The Bertz CT molecular complexity index is 926. The fraction of sp³-hybridized carbons (Fsp3) is 0.105. The smallest absolute Gasteiger partial charge is 0.361 e. The summed E-state index contributed by atoms with van der Waals surface area (Å²) in [6.45, 7) is 2.01. The highest BCUT2D eigenvalue weighted by atomic mass is 79.9. The van der Waals surface area contributed by atoms with Crippen LogP contribution >= 0.6 is 27.3 Å². The summed E-state index contributed by atoms with van der Waals surface area (Å²) in [5.74, 6) is -0.529. The predicted octanol–water partition coefficient (Wildman–Crippen LogP) is 5.03. The van der Waals surface area contributed by atoms with Crippen molar-refractivity contribution < 1.29 is 9.53 Å². The quantitative estimate of drug-likeness (QED) is 0.303. The molecule has 0 bridgehead atoms. The Hall–Kier alpha value is -2.71. The molecule has 0 fully saturated rings. The predicted molar refractivity (Wildman–Crippen MR) is 113 cm³/mol. The molecule has 0 saturated carbocycles. The van der Waals surface area contributed by atoms with Gasteiger partial charge in [-0.25, -0.2) is 9.78 Å². The molecule has 0 unspecified atom stereocenters. The van der Waals surface area contributed by atoms with E-state index in [-0.39, 0.29) is 12.3 Å². The molecule has 0 atom stereocenters. The van der Waals surface area contributed by atoms with E-state index in [0.717, 1.165) is 15.8 Å². The molecule has 27 heavy (non-hydrogen) atoms. The van der Waals surface area contributed by atoms with Gasteiger partial charge in [0.2, 0.25) is 0 Å². The summed E-state index contributed by atoms with van der Waals surface area (Å²) in [5, 5.41) is 9.86. The number of ether oxygens (including phenoxy) is 1. The molecule has 138 valence electrons. The second-order valence-electron chi connectivity index (χ2n) is 5.33. The summed E-state index contributed by atoms with van der Waals surface area (Å²) in [5.41, 5.74) is 5.11. The molecule has 0 aliphatic heterocycles. The minimum absolute atomic E-state index is 0.122. The van der Waals surface area contributed by atoms with E-state index in [4.69, 9.17) is 4.74 Å². The van der Waals surface area contributed by atoms with Gasteiger partial charge < -0.3 is 10.1 Å². The number of aromatic nitrogens is 1. The minimum atomic E-state index is -0.529. The standard InChI is InChI=1S/C19H17BrN4O2S/c1-2-26-18(25)17(24-23-15-10-8-13(20)9-11-15)16-12-27-19(22-16)21-14-6-4-3-5-7-14/h3-12,23H,2H2,1H3,(H,21,22)/b24-17-. The van der Waals surface area contributed by atoms with Crippen molar-refractivity contribution in [3.63, 3.8) is 0 Å². The lowest BCUT2D eigenvalue weighted by molar-refractivity contribution is -0.134. The van der Waals surface area contributed by atoms with Crippen LogP contribution in [0.15, 0.2) is 69.6 Å². The zero-order valence-electron chi connectivity index (χ0n) is 14.5. The fourth-order valence-corrected chi connectivity index (χ4v) is 3.12. The first kappa shape index (κ1) is 19.1. The van der Waals surface area contributed by atoms with E-state index in [9.17, 15) is 4.79 Å². The largest absolute Gasteiger partial charge is 0.461 e. The van der Waals surface area contributed by atoms with Crippen molar-refractivity contribution in [2.75, 3.05) is 17.3 Å².